The summed E-state index contributed by atoms with van der Waals surface area (Å²) in [6.45, 7) is 3.12. The van der Waals surface area contributed by atoms with Gasteiger partial charge >= 0.3 is 5.97 Å². The highest BCUT2D eigenvalue weighted by Gasteiger charge is 2.31. The first kappa shape index (κ1) is 38.2. The van der Waals surface area contributed by atoms with Crippen LogP contribution in [0.5, 0.6) is 17.2 Å². The van der Waals surface area contributed by atoms with Crippen LogP contribution in [-0.4, -0.2) is 59.4 Å². The zero-order valence-electron chi connectivity index (χ0n) is 29.1. The summed E-state index contributed by atoms with van der Waals surface area (Å²) in [6, 6.07) is 14.7. The van der Waals surface area contributed by atoms with Crippen LogP contribution in [0.4, 0.5) is 11.4 Å². The summed E-state index contributed by atoms with van der Waals surface area (Å²) in [5.74, 6) is -2.85. The van der Waals surface area contributed by atoms with Crippen LogP contribution in [0.2, 0.25) is 0 Å². The van der Waals surface area contributed by atoms with E-state index in [0.717, 1.165) is 0 Å². The quantitative estimate of drug-likeness (QED) is 0.154. The number of carbonyl (C=O) groups is 5. The summed E-state index contributed by atoms with van der Waals surface area (Å²) < 4.78 is 11.0. The predicted octanol–water partition coefficient (Wildman–Crippen LogP) is 6.21. The van der Waals surface area contributed by atoms with E-state index < -0.39 is 29.6 Å². The summed E-state index contributed by atoms with van der Waals surface area (Å²) in [7, 11) is 1.51. The molecule has 51 heavy (non-hydrogen) atoms. The number of hydrogen-bond donors (Lipinski definition) is 5. The molecule has 0 aliphatic carbocycles. The van der Waals surface area contributed by atoms with Crippen LogP contribution in [0.25, 0.3) is 6.08 Å². The molecule has 0 radical (unpaired) electrons. The molecular weight excluding hydrogens is 654 g/mol. The molecule has 12 nitrogen and oxygen atoms in total. The van der Waals surface area contributed by atoms with Crippen molar-refractivity contribution in [1.29, 1.82) is 0 Å². The van der Waals surface area contributed by atoms with Crippen molar-refractivity contribution >= 4 is 46.9 Å². The number of carbonyl (C=O) groups excluding carboxylic acids is 5. The standard InChI is InChI=1S/C39H45N3O9/c1-24-8-7-11-30(44)10-6-4-5-9-27-22-33(45)37(38(48)36(27)39(49)51-24)32(26-12-18-31(50-3)19-13-26)23-35(47)40-21-20-34(46)42-29-16-14-28(15-17-29)41-25(2)43/h5,9,12-19,22,24,32,45,48H,4,6-8,10-11,20-21,23H2,1-3H3,(H,40,47)(H,41,43)(H,42,46)/b9-5+/t24-,32?/m0/s1. The molecule has 270 valence electrons. The number of esters is 1. The third-order valence-corrected chi connectivity index (χ3v) is 8.47. The number of ketones is 1. The third kappa shape index (κ3) is 11.2. The van der Waals surface area contributed by atoms with Gasteiger partial charge in [-0.25, -0.2) is 4.79 Å². The highest BCUT2D eigenvalue weighted by molar-refractivity contribution is 5.98. The van der Waals surface area contributed by atoms with Gasteiger partial charge < -0.3 is 35.6 Å². The fraction of sp³-hybridized carbons (Fsp3) is 0.359. The van der Waals surface area contributed by atoms with E-state index in [9.17, 15) is 34.2 Å². The lowest BCUT2D eigenvalue weighted by molar-refractivity contribution is -0.122. The van der Waals surface area contributed by atoms with E-state index in [1.165, 1.54) is 20.1 Å². The number of phenols is 2. The van der Waals surface area contributed by atoms with Crippen LogP contribution in [0.3, 0.4) is 0 Å². The van der Waals surface area contributed by atoms with Crippen LogP contribution >= 0.6 is 0 Å². The van der Waals surface area contributed by atoms with E-state index >= 15 is 0 Å². The number of aromatic hydroxyl groups is 2. The number of Topliss-reactive ketones (excluding diaryl/α,β-unsaturated/α-hetero) is 1. The number of benzene rings is 3. The molecule has 0 spiro atoms. The zero-order valence-corrected chi connectivity index (χ0v) is 29.1. The number of allylic oxidation sites excluding steroid dienone is 1. The molecule has 3 amide bonds. The molecule has 1 aliphatic heterocycles. The lowest BCUT2D eigenvalue weighted by Gasteiger charge is -2.23. The minimum absolute atomic E-state index is 0.00668. The molecule has 0 saturated heterocycles. The summed E-state index contributed by atoms with van der Waals surface area (Å²) in [5, 5.41) is 31.2. The highest BCUT2D eigenvalue weighted by atomic mass is 16.5. The minimum Gasteiger partial charge on any atom is -0.507 e. The smallest absolute Gasteiger partial charge is 0.342 e. The first-order chi connectivity index (χ1) is 24.4. The number of hydrogen-bond acceptors (Lipinski definition) is 9. The van der Waals surface area contributed by atoms with Gasteiger partial charge in [0.05, 0.1) is 13.2 Å². The van der Waals surface area contributed by atoms with Crippen LogP contribution in [0.15, 0.2) is 60.7 Å². The third-order valence-electron chi connectivity index (χ3n) is 8.47. The van der Waals surface area contributed by atoms with Gasteiger partial charge in [-0.1, -0.05) is 24.3 Å². The van der Waals surface area contributed by atoms with Crippen LogP contribution in [-0.2, 0) is 23.9 Å². The van der Waals surface area contributed by atoms with Gasteiger partial charge in [-0.15, -0.1) is 0 Å². The maximum atomic E-state index is 13.6. The lowest BCUT2D eigenvalue weighted by Crippen LogP contribution is -2.29. The number of fused-ring (bicyclic) bond motifs is 1. The van der Waals surface area contributed by atoms with Gasteiger partial charge in [0, 0.05) is 62.0 Å². The molecule has 0 aromatic heterocycles. The molecule has 3 aromatic carbocycles. The normalized spacial score (nSPS) is 16.4. The second kappa shape index (κ2) is 18.4. The Bertz CT molecular complexity index is 1750. The van der Waals surface area contributed by atoms with Crippen LogP contribution in [0.1, 0.15) is 98.2 Å². The number of nitrogens with one attached hydrogen (secondary N) is 3. The molecule has 1 aliphatic rings. The van der Waals surface area contributed by atoms with Crippen molar-refractivity contribution in [1.82, 2.24) is 5.32 Å². The molecule has 4 rings (SSSR count). The molecule has 2 atom stereocenters. The number of rotatable bonds is 10. The highest BCUT2D eigenvalue weighted by Crippen LogP contribution is 2.44. The molecule has 0 saturated carbocycles. The fourth-order valence-corrected chi connectivity index (χ4v) is 5.88. The van der Waals surface area contributed by atoms with Crippen LogP contribution in [0, 0.1) is 0 Å². The second-order valence-electron chi connectivity index (χ2n) is 12.5. The van der Waals surface area contributed by atoms with Crippen molar-refractivity contribution < 1.29 is 43.7 Å². The zero-order chi connectivity index (χ0) is 36.9. The Morgan fingerprint density at radius 2 is 1.61 bits per heavy atom. The Morgan fingerprint density at radius 3 is 2.27 bits per heavy atom. The van der Waals surface area contributed by atoms with E-state index in [-0.39, 0.29) is 59.4 Å². The fourth-order valence-electron chi connectivity index (χ4n) is 5.88. The number of cyclic esters (lactones) is 1. The Labute approximate surface area is 297 Å². The van der Waals surface area contributed by atoms with Gasteiger partial charge in [-0.05, 0) is 86.2 Å². The van der Waals surface area contributed by atoms with Crippen LogP contribution < -0.4 is 20.7 Å². The van der Waals surface area contributed by atoms with E-state index in [1.54, 1.807) is 67.6 Å². The van der Waals surface area contributed by atoms with E-state index in [0.29, 0.717) is 61.2 Å². The molecule has 0 fully saturated rings. The lowest BCUT2D eigenvalue weighted by atomic mass is 9.84. The summed E-state index contributed by atoms with van der Waals surface area (Å²) in [5.41, 5.74) is 1.73. The van der Waals surface area contributed by atoms with Crippen molar-refractivity contribution in [2.75, 3.05) is 24.3 Å². The monoisotopic (exact) mass is 699 g/mol. The van der Waals surface area contributed by atoms with E-state index in [4.69, 9.17) is 9.47 Å². The van der Waals surface area contributed by atoms with Crippen molar-refractivity contribution in [3.8, 4) is 17.2 Å². The first-order valence-corrected chi connectivity index (χ1v) is 17.0. The van der Waals surface area contributed by atoms with Gasteiger partial charge in [0.25, 0.3) is 0 Å². The Balaban J connectivity index is 1.57. The van der Waals surface area contributed by atoms with E-state index in [2.05, 4.69) is 16.0 Å². The molecule has 0 bridgehead atoms. The Morgan fingerprint density at radius 1 is 0.941 bits per heavy atom. The average Bonchev–Trinajstić information content (AvgIpc) is 3.07. The SMILES string of the molecule is COc1ccc(C(CC(=O)NCCC(=O)Nc2ccc(NC(C)=O)cc2)c2c(O)cc3c(c2O)C(=O)O[C@@H](C)CCCC(=O)CCC/C=C/3)cc1. The molecule has 12 heteroatoms. The molecule has 1 unspecified atom stereocenters. The number of anilines is 2. The Kier molecular flexibility index (Phi) is 13.7. The van der Waals surface area contributed by atoms with E-state index in [1.807, 2.05) is 0 Å². The second-order valence-corrected chi connectivity index (χ2v) is 12.5. The van der Waals surface area contributed by atoms with Gasteiger partial charge in [-0.3, -0.25) is 19.2 Å². The summed E-state index contributed by atoms with van der Waals surface area (Å²) in [6.07, 6.45) is 5.61. The maximum Gasteiger partial charge on any atom is 0.342 e. The Hall–Kier alpha value is -5.65. The molecule has 5 N–H and O–H groups in total. The maximum absolute atomic E-state index is 13.6. The van der Waals surface area contributed by atoms with Crippen molar-refractivity contribution in [2.45, 2.75) is 77.2 Å². The van der Waals surface area contributed by atoms with Gasteiger partial charge in [0.1, 0.15) is 28.6 Å². The van der Waals surface area contributed by atoms with Gasteiger partial charge in [-0.2, -0.15) is 0 Å². The van der Waals surface area contributed by atoms with Gasteiger partial charge in [0.15, 0.2) is 0 Å². The minimum atomic E-state index is -0.912. The molecule has 1 heterocycles. The number of amides is 3. The largest absolute Gasteiger partial charge is 0.507 e. The summed E-state index contributed by atoms with van der Waals surface area (Å²) >= 11 is 0. The summed E-state index contributed by atoms with van der Waals surface area (Å²) in [4.78, 5) is 62.9. The number of ether oxygens (including phenoxy) is 2. The average molecular weight is 700 g/mol. The van der Waals surface area contributed by atoms with Gasteiger partial charge in [0.2, 0.25) is 17.7 Å². The molecule has 3 aromatic rings. The van der Waals surface area contributed by atoms with Crippen molar-refractivity contribution in [3.63, 3.8) is 0 Å². The van der Waals surface area contributed by atoms with Crippen molar-refractivity contribution in [2.24, 2.45) is 0 Å². The molecular formula is C39H45N3O9. The topological polar surface area (TPSA) is 180 Å². The van der Waals surface area contributed by atoms with Crippen molar-refractivity contribution in [3.05, 3.63) is 82.9 Å². The predicted molar refractivity (Wildman–Crippen MR) is 193 cm³/mol. The first-order valence-electron chi connectivity index (χ1n) is 17.0. The number of phenolic OH excluding ortho intramolecular Hbond substituents is 2. The number of methoxy groups -OCH3 is 1.